The number of Topliss-reactive ketones (excluding diaryl/α,β-unsaturated/α-hetero) is 1. The Morgan fingerprint density at radius 3 is 1.21 bits per heavy atom. The van der Waals surface area contributed by atoms with Crippen molar-refractivity contribution in [3.8, 4) is 0 Å². The van der Waals surface area contributed by atoms with E-state index in [0.29, 0.717) is 38.5 Å². The fraction of sp³-hybridized carbons (Fsp3) is 0.936. The Labute approximate surface area is 320 Å². The zero-order valence-electron chi connectivity index (χ0n) is 34.2. The monoisotopic (exact) mass is 727 g/mol. The average Bonchev–Trinajstić information content (AvgIpc) is 3.76. The van der Waals surface area contributed by atoms with Gasteiger partial charge in [-0.15, -0.1) is 0 Å². The maximum Gasteiger partial charge on any atom is 0.306 e. The van der Waals surface area contributed by atoms with Crippen molar-refractivity contribution < 1.29 is 23.9 Å². The topological polar surface area (TPSA) is 69.7 Å². The third-order valence-corrected chi connectivity index (χ3v) is 14.0. The van der Waals surface area contributed by atoms with Crippen LogP contribution in [0, 0.1) is 35.5 Å². The highest BCUT2D eigenvalue weighted by Gasteiger charge is 2.37. The number of esters is 2. The van der Waals surface area contributed by atoms with Gasteiger partial charge < -0.3 is 9.47 Å². The lowest BCUT2D eigenvalue weighted by molar-refractivity contribution is -0.151. The lowest BCUT2D eigenvalue weighted by atomic mass is 9.82. The predicted octanol–water partition coefficient (Wildman–Crippen LogP) is 13.4. The van der Waals surface area contributed by atoms with Crippen LogP contribution in [-0.4, -0.2) is 29.9 Å². The van der Waals surface area contributed by atoms with Gasteiger partial charge in [-0.2, -0.15) is 0 Å². The van der Waals surface area contributed by atoms with Crippen molar-refractivity contribution in [1.82, 2.24) is 0 Å². The first-order valence-electron chi connectivity index (χ1n) is 23.3. The molecule has 4 atom stereocenters. The minimum atomic E-state index is -0.151. The largest absolute Gasteiger partial charge is 0.462 e. The van der Waals surface area contributed by atoms with E-state index in [1.54, 1.807) is 0 Å². The highest BCUT2D eigenvalue weighted by molar-refractivity contribution is 5.80. The van der Waals surface area contributed by atoms with Gasteiger partial charge in [0.05, 0.1) is 0 Å². The fourth-order valence-electron chi connectivity index (χ4n) is 11.0. The standard InChI is InChI=1S/C47H82O5/c1-3-5-7-9-11-25-44(26-12-10-8-6-4-2)51-46(49)27-17-23-43(48)24-18-28-47(50)52-45(31-29-37-33-39-19-13-14-20-40(39)34-37)32-30-38-35-41-21-15-16-22-42(41)36-38/h37-42,44-45H,3-36H2,1-2H3. The zero-order chi connectivity index (χ0) is 36.8. The first kappa shape index (κ1) is 43.3. The molecule has 52 heavy (non-hydrogen) atoms. The molecule has 0 aromatic carbocycles. The van der Waals surface area contributed by atoms with Crippen molar-refractivity contribution in [3.05, 3.63) is 0 Å². The molecule has 5 nitrogen and oxygen atoms in total. The molecule has 0 aliphatic heterocycles. The minimum Gasteiger partial charge on any atom is -0.462 e. The van der Waals surface area contributed by atoms with Crippen LogP contribution in [0.15, 0.2) is 0 Å². The number of ether oxygens (including phenoxy) is 2. The molecule has 0 saturated heterocycles. The second kappa shape index (κ2) is 25.6. The molecule has 0 spiro atoms. The van der Waals surface area contributed by atoms with Crippen LogP contribution in [0.2, 0.25) is 0 Å². The Morgan fingerprint density at radius 1 is 0.462 bits per heavy atom. The van der Waals surface area contributed by atoms with Crippen LogP contribution in [0.1, 0.15) is 232 Å². The summed E-state index contributed by atoms with van der Waals surface area (Å²) in [7, 11) is 0. The van der Waals surface area contributed by atoms with Crippen molar-refractivity contribution >= 4 is 17.7 Å². The van der Waals surface area contributed by atoms with Crippen molar-refractivity contribution in [3.63, 3.8) is 0 Å². The second-order valence-corrected chi connectivity index (χ2v) is 18.3. The highest BCUT2D eigenvalue weighted by Crippen LogP contribution is 2.48. The maximum atomic E-state index is 13.1. The Morgan fingerprint density at radius 2 is 0.827 bits per heavy atom. The molecule has 4 saturated carbocycles. The van der Waals surface area contributed by atoms with Gasteiger partial charge >= 0.3 is 11.9 Å². The molecule has 4 aliphatic rings. The molecule has 0 heterocycles. The third kappa shape index (κ3) is 17.0. The summed E-state index contributed by atoms with van der Waals surface area (Å²) in [5.41, 5.74) is 0. The summed E-state index contributed by atoms with van der Waals surface area (Å²) in [6.07, 6.45) is 38.2. The van der Waals surface area contributed by atoms with E-state index in [-0.39, 0.29) is 29.9 Å². The van der Waals surface area contributed by atoms with Gasteiger partial charge in [-0.05, 0) is 125 Å². The molecule has 4 aliphatic carbocycles. The van der Waals surface area contributed by atoms with E-state index in [0.717, 1.165) is 74.0 Å². The molecular weight excluding hydrogens is 645 g/mol. The van der Waals surface area contributed by atoms with Crippen molar-refractivity contribution in [2.45, 2.75) is 244 Å². The van der Waals surface area contributed by atoms with Crippen molar-refractivity contribution in [2.75, 3.05) is 0 Å². The van der Waals surface area contributed by atoms with Gasteiger partial charge in [-0.25, -0.2) is 0 Å². The van der Waals surface area contributed by atoms with Crippen LogP contribution in [0.3, 0.4) is 0 Å². The SMILES string of the molecule is CCCCCCCC(CCCCCCC)OC(=O)CCCC(=O)CCCC(=O)OC(CCC1CC2CCCCC2C1)CCC1CC2CCCCC2C1. The molecule has 0 amide bonds. The molecule has 0 aromatic rings. The number of carbonyl (C=O) groups is 3. The van der Waals surface area contributed by atoms with Gasteiger partial charge in [-0.1, -0.05) is 117 Å². The first-order valence-corrected chi connectivity index (χ1v) is 23.3. The summed E-state index contributed by atoms with van der Waals surface area (Å²) in [6, 6.07) is 0. The van der Waals surface area contributed by atoms with E-state index in [2.05, 4.69) is 13.8 Å². The van der Waals surface area contributed by atoms with Gasteiger partial charge in [0.25, 0.3) is 0 Å². The Kier molecular flexibility index (Phi) is 21.4. The summed E-state index contributed by atoms with van der Waals surface area (Å²) in [5.74, 6) is 5.33. The minimum absolute atomic E-state index is 0.0195. The Balaban J connectivity index is 1.12. The molecule has 0 N–H and O–H groups in total. The van der Waals surface area contributed by atoms with Gasteiger partial charge in [-0.3, -0.25) is 14.4 Å². The first-order chi connectivity index (χ1) is 25.4. The highest BCUT2D eigenvalue weighted by atomic mass is 16.5. The van der Waals surface area contributed by atoms with Crippen LogP contribution in [0.5, 0.6) is 0 Å². The predicted molar refractivity (Wildman–Crippen MR) is 214 cm³/mol. The molecule has 4 rings (SSSR count). The van der Waals surface area contributed by atoms with Crippen LogP contribution >= 0.6 is 0 Å². The van der Waals surface area contributed by atoms with E-state index in [9.17, 15) is 14.4 Å². The number of rotatable bonds is 28. The number of carbonyl (C=O) groups excluding carboxylic acids is 3. The maximum absolute atomic E-state index is 13.1. The number of ketones is 1. The summed E-state index contributed by atoms with van der Waals surface area (Å²) in [5, 5.41) is 0. The second-order valence-electron chi connectivity index (χ2n) is 18.3. The van der Waals surface area contributed by atoms with Crippen LogP contribution in [0.25, 0.3) is 0 Å². The molecule has 4 unspecified atom stereocenters. The fourth-order valence-corrected chi connectivity index (χ4v) is 11.0. The van der Waals surface area contributed by atoms with E-state index >= 15 is 0 Å². The van der Waals surface area contributed by atoms with Gasteiger partial charge in [0, 0.05) is 25.7 Å². The number of hydrogen-bond donors (Lipinski definition) is 0. The van der Waals surface area contributed by atoms with Crippen molar-refractivity contribution in [2.24, 2.45) is 35.5 Å². The number of fused-ring (bicyclic) bond motifs is 2. The number of unbranched alkanes of at least 4 members (excludes halogenated alkanes) is 8. The summed E-state index contributed by atoms with van der Waals surface area (Å²) in [4.78, 5) is 38.5. The smallest absolute Gasteiger partial charge is 0.306 e. The summed E-state index contributed by atoms with van der Waals surface area (Å²) >= 11 is 0. The lowest BCUT2D eigenvalue weighted by Crippen LogP contribution is -2.20. The van der Waals surface area contributed by atoms with Crippen molar-refractivity contribution in [1.29, 1.82) is 0 Å². The average molecular weight is 727 g/mol. The normalized spacial score (nSPS) is 26.2. The van der Waals surface area contributed by atoms with Gasteiger partial charge in [0.2, 0.25) is 0 Å². The molecule has 0 radical (unpaired) electrons. The zero-order valence-corrected chi connectivity index (χ0v) is 34.2. The van der Waals surface area contributed by atoms with Crippen LogP contribution in [-0.2, 0) is 23.9 Å². The van der Waals surface area contributed by atoms with E-state index in [1.807, 2.05) is 0 Å². The Bertz CT molecular complexity index is 914. The van der Waals surface area contributed by atoms with E-state index in [1.165, 1.54) is 141 Å². The summed E-state index contributed by atoms with van der Waals surface area (Å²) < 4.78 is 12.2. The third-order valence-electron chi connectivity index (χ3n) is 14.0. The lowest BCUT2D eigenvalue weighted by Gasteiger charge is -2.24. The molecule has 0 aromatic heterocycles. The molecule has 0 bridgehead atoms. The van der Waals surface area contributed by atoms with E-state index < -0.39 is 0 Å². The molecule has 300 valence electrons. The van der Waals surface area contributed by atoms with Crippen LogP contribution < -0.4 is 0 Å². The molecule has 5 heteroatoms. The molecule has 4 fully saturated rings. The van der Waals surface area contributed by atoms with Gasteiger partial charge in [0.1, 0.15) is 18.0 Å². The van der Waals surface area contributed by atoms with Crippen LogP contribution in [0.4, 0.5) is 0 Å². The number of hydrogen-bond acceptors (Lipinski definition) is 5. The summed E-state index contributed by atoms with van der Waals surface area (Å²) in [6.45, 7) is 4.47. The Hall–Kier alpha value is -1.39. The van der Waals surface area contributed by atoms with E-state index in [4.69, 9.17) is 9.47 Å². The molecular formula is C47H82O5. The van der Waals surface area contributed by atoms with Gasteiger partial charge in [0.15, 0.2) is 0 Å². The quantitative estimate of drug-likeness (QED) is 0.0593.